The number of halogens is 1. The molecule has 3 rings (SSSR count). The lowest BCUT2D eigenvalue weighted by molar-refractivity contribution is 0.0534. The van der Waals surface area contributed by atoms with Crippen molar-refractivity contribution in [2.24, 2.45) is 5.41 Å². The van der Waals surface area contributed by atoms with Crippen molar-refractivity contribution in [2.45, 2.75) is 45.6 Å². The fraction of sp³-hybridized carbons (Fsp3) is 0.737. The normalized spacial score (nSPS) is 24.9. The maximum absolute atomic E-state index is 12.8. The van der Waals surface area contributed by atoms with E-state index in [-0.39, 0.29) is 18.3 Å². The summed E-state index contributed by atoms with van der Waals surface area (Å²) in [5.41, 5.74) is 0.433. The fourth-order valence-corrected chi connectivity index (χ4v) is 4.84. The molecule has 2 aliphatic rings. The molecule has 1 aromatic rings. The van der Waals surface area contributed by atoms with Gasteiger partial charge in [0.2, 0.25) is 0 Å². The van der Waals surface area contributed by atoms with Gasteiger partial charge < -0.3 is 15.1 Å². The highest BCUT2D eigenvalue weighted by Crippen LogP contribution is 2.28. The summed E-state index contributed by atoms with van der Waals surface area (Å²) in [4.78, 5) is 18.5. The smallest absolute Gasteiger partial charge is 0.264 e. The summed E-state index contributed by atoms with van der Waals surface area (Å²) < 4.78 is 0. The zero-order valence-electron chi connectivity index (χ0n) is 15.5. The van der Waals surface area contributed by atoms with Gasteiger partial charge in [0, 0.05) is 38.8 Å². The van der Waals surface area contributed by atoms with E-state index in [1.807, 2.05) is 17.5 Å². The van der Waals surface area contributed by atoms with Gasteiger partial charge in [-0.15, -0.1) is 23.7 Å². The minimum Gasteiger partial charge on any atom is -0.335 e. The van der Waals surface area contributed by atoms with Crippen LogP contribution >= 0.6 is 23.7 Å². The van der Waals surface area contributed by atoms with Crippen LogP contribution in [0.3, 0.4) is 0 Å². The van der Waals surface area contributed by atoms with Crippen molar-refractivity contribution in [1.82, 2.24) is 15.1 Å². The van der Waals surface area contributed by atoms with Crippen LogP contribution in [0.4, 0.5) is 0 Å². The Morgan fingerprint density at radius 2 is 2.20 bits per heavy atom. The van der Waals surface area contributed by atoms with Crippen molar-refractivity contribution in [3.63, 3.8) is 0 Å². The third kappa shape index (κ3) is 5.19. The molecule has 3 heterocycles. The second-order valence-corrected chi connectivity index (χ2v) is 8.67. The molecule has 25 heavy (non-hydrogen) atoms. The lowest BCUT2D eigenvalue weighted by atomic mass is 9.88. The lowest BCUT2D eigenvalue weighted by Gasteiger charge is -2.41. The van der Waals surface area contributed by atoms with Crippen LogP contribution in [0.1, 0.15) is 49.2 Å². The third-order valence-corrected chi connectivity index (χ3v) is 6.38. The van der Waals surface area contributed by atoms with Crippen LogP contribution in [0.5, 0.6) is 0 Å². The molecule has 0 aromatic carbocycles. The first kappa shape index (κ1) is 20.7. The number of likely N-dealkylation sites (tertiary alicyclic amines) is 1. The molecule has 6 heteroatoms. The minimum absolute atomic E-state index is 0. The molecule has 0 bridgehead atoms. The largest absolute Gasteiger partial charge is 0.335 e. The van der Waals surface area contributed by atoms with Crippen LogP contribution in [-0.4, -0.2) is 61.0 Å². The quantitative estimate of drug-likeness (QED) is 0.814. The predicted octanol–water partition coefficient (Wildman–Crippen LogP) is 3.49. The van der Waals surface area contributed by atoms with E-state index in [2.05, 4.69) is 29.0 Å². The molecule has 1 amide bonds. The molecule has 2 fully saturated rings. The fourth-order valence-electron chi connectivity index (χ4n) is 4.17. The standard InChI is InChI=1S/C19H31N3OS.ClH/c1-3-10-22(18(23)17-5-4-13-24-17)16-6-11-21(12-7-16)15-19(2)8-9-20-14-19;/h4-5,13,16,20H,3,6-12,14-15H2,1-2H3;1H. The van der Waals surface area contributed by atoms with Crippen LogP contribution < -0.4 is 5.32 Å². The molecular weight excluding hydrogens is 354 g/mol. The zero-order chi connectivity index (χ0) is 17.0. The van der Waals surface area contributed by atoms with Crippen LogP contribution in [-0.2, 0) is 0 Å². The van der Waals surface area contributed by atoms with E-state index in [9.17, 15) is 4.79 Å². The first-order chi connectivity index (χ1) is 11.6. The van der Waals surface area contributed by atoms with Crippen LogP contribution in [0.25, 0.3) is 0 Å². The van der Waals surface area contributed by atoms with Crippen molar-refractivity contribution in [2.75, 3.05) is 39.3 Å². The van der Waals surface area contributed by atoms with Gasteiger partial charge in [-0.3, -0.25) is 4.79 Å². The Bertz CT molecular complexity index is 523. The molecule has 0 saturated carbocycles. The van der Waals surface area contributed by atoms with Crippen molar-refractivity contribution in [1.29, 1.82) is 0 Å². The second-order valence-electron chi connectivity index (χ2n) is 7.72. The summed E-state index contributed by atoms with van der Waals surface area (Å²) in [6.45, 7) is 11.2. The molecular formula is C19H32ClN3OS. The number of carbonyl (C=O) groups excluding carboxylic acids is 1. The van der Waals surface area contributed by atoms with E-state index in [4.69, 9.17) is 0 Å². The van der Waals surface area contributed by atoms with Gasteiger partial charge in [-0.25, -0.2) is 0 Å². The predicted molar refractivity (Wildman–Crippen MR) is 108 cm³/mol. The highest BCUT2D eigenvalue weighted by atomic mass is 35.5. The number of amides is 1. The number of nitrogens with zero attached hydrogens (tertiary/aromatic N) is 2. The lowest BCUT2D eigenvalue weighted by Crippen LogP contribution is -2.49. The molecule has 1 aromatic heterocycles. The highest BCUT2D eigenvalue weighted by Gasteiger charge is 2.34. The summed E-state index contributed by atoms with van der Waals surface area (Å²) in [5.74, 6) is 0.234. The van der Waals surface area contributed by atoms with Gasteiger partial charge in [0.1, 0.15) is 0 Å². The monoisotopic (exact) mass is 385 g/mol. The number of hydrogen-bond donors (Lipinski definition) is 1. The van der Waals surface area contributed by atoms with Crippen molar-refractivity contribution in [3.8, 4) is 0 Å². The average Bonchev–Trinajstić information content (AvgIpc) is 3.25. The second kappa shape index (κ2) is 9.36. The number of thiophene rings is 1. The molecule has 1 unspecified atom stereocenters. The SMILES string of the molecule is CCCN(C(=O)c1cccs1)C1CCN(CC2(C)CCNC2)CC1.Cl. The van der Waals surface area contributed by atoms with Gasteiger partial charge in [-0.2, -0.15) is 0 Å². The van der Waals surface area contributed by atoms with E-state index in [1.54, 1.807) is 11.3 Å². The molecule has 1 atom stereocenters. The van der Waals surface area contributed by atoms with Crippen molar-refractivity contribution < 1.29 is 4.79 Å². The molecule has 0 aliphatic carbocycles. The maximum atomic E-state index is 12.8. The Balaban J connectivity index is 0.00000225. The van der Waals surface area contributed by atoms with Gasteiger partial charge in [-0.05, 0) is 49.1 Å². The summed E-state index contributed by atoms with van der Waals surface area (Å²) in [6.07, 6.45) is 4.54. The molecule has 2 aliphatic heterocycles. The van der Waals surface area contributed by atoms with Gasteiger partial charge in [0.05, 0.1) is 4.88 Å². The number of piperidine rings is 1. The van der Waals surface area contributed by atoms with Crippen LogP contribution in [0, 0.1) is 5.41 Å². The summed E-state index contributed by atoms with van der Waals surface area (Å²) in [5, 5.41) is 5.49. The Morgan fingerprint density at radius 1 is 1.44 bits per heavy atom. The van der Waals surface area contributed by atoms with E-state index in [0.29, 0.717) is 11.5 Å². The molecule has 4 nitrogen and oxygen atoms in total. The molecule has 142 valence electrons. The first-order valence-electron chi connectivity index (χ1n) is 9.39. The topological polar surface area (TPSA) is 35.6 Å². The van der Waals surface area contributed by atoms with Gasteiger partial charge >= 0.3 is 0 Å². The number of rotatable bonds is 6. The molecule has 0 spiro atoms. The van der Waals surface area contributed by atoms with Crippen molar-refractivity contribution >= 4 is 29.7 Å². The summed E-state index contributed by atoms with van der Waals surface area (Å²) >= 11 is 1.56. The summed E-state index contributed by atoms with van der Waals surface area (Å²) in [7, 11) is 0. The highest BCUT2D eigenvalue weighted by molar-refractivity contribution is 7.12. The zero-order valence-corrected chi connectivity index (χ0v) is 17.1. The molecule has 0 radical (unpaired) electrons. The van der Waals surface area contributed by atoms with Crippen molar-refractivity contribution in [3.05, 3.63) is 22.4 Å². The van der Waals surface area contributed by atoms with Gasteiger partial charge in [0.25, 0.3) is 5.91 Å². The maximum Gasteiger partial charge on any atom is 0.264 e. The first-order valence-corrected chi connectivity index (χ1v) is 10.3. The molecule has 1 N–H and O–H groups in total. The Labute approximate surface area is 162 Å². The van der Waals surface area contributed by atoms with E-state index >= 15 is 0 Å². The number of carbonyl (C=O) groups is 1. The Kier molecular flexibility index (Phi) is 7.74. The van der Waals surface area contributed by atoms with E-state index < -0.39 is 0 Å². The molecule has 2 saturated heterocycles. The van der Waals surface area contributed by atoms with E-state index in [1.165, 1.54) is 13.0 Å². The number of hydrogen-bond acceptors (Lipinski definition) is 4. The van der Waals surface area contributed by atoms with Crippen LogP contribution in [0.15, 0.2) is 17.5 Å². The summed E-state index contributed by atoms with van der Waals surface area (Å²) in [6, 6.07) is 4.34. The minimum atomic E-state index is 0. The Morgan fingerprint density at radius 3 is 2.76 bits per heavy atom. The average molecular weight is 386 g/mol. The van der Waals surface area contributed by atoms with Gasteiger partial charge in [0.15, 0.2) is 0 Å². The Hall–Kier alpha value is -0.620. The van der Waals surface area contributed by atoms with Gasteiger partial charge in [-0.1, -0.05) is 19.9 Å². The van der Waals surface area contributed by atoms with E-state index in [0.717, 1.165) is 56.9 Å². The number of nitrogens with one attached hydrogen (secondary N) is 1. The third-order valence-electron chi connectivity index (χ3n) is 5.52. The van der Waals surface area contributed by atoms with Crippen LogP contribution in [0.2, 0.25) is 0 Å².